The first-order valence-corrected chi connectivity index (χ1v) is 12.9. The third kappa shape index (κ3) is 5.75. The highest BCUT2D eigenvalue weighted by Crippen LogP contribution is 2.36. The Morgan fingerprint density at radius 3 is 2.68 bits per heavy atom. The van der Waals surface area contributed by atoms with E-state index in [0.717, 1.165) is 46.3 Å². The molecule has 4 aromatic rings. The van der Waals surface area contributed by atoms with Crippen LogP contribution in [0.1, 0.15) is 32.3 Å². The topological polar surface area (TPSA) is 85.4 Å². The number of hydrogen-bond acceptors (Lipinski definition) is 6. The van der Waals surface area contributed by atoms with Crippen molar-refractivity contribution in [2.45, 2.75) is 39.7 Å². The number of para-hydroxylation sites is 1. The van der Waals surface area contributed by atoms with Crippen molar-refractivity contribution < 1.29 is 18.7 Å². The molecule has 1 aliphatic heterocycles. The molecule has 0 bridgehead atoms. The fourth-order valence-corrected chi connectivity index (χ4v) is 4.56. The number of halogens is 1. The number of rotatable bonds is 7. The van der Waals surface area contributed by atoms with Gasteiger partial charge in [-0.15, -0.1) is 0 Å². The first-order valence-electron chi connectivity index (χ1n) is 12.9. The van der Waals surface area contributed by atoms with E-state index in [0.29, 0.717) is 30.4 Å². The Morgan fingerprint density at radius 1 is 1.08 bits per heavy atom. The fourth-order valence-electron chi connectivity index (χ4n) is 4.56. The van der Waals surface area contributed by atoms with E-state index in [1.807, 2.05) is 57.2 Å². The second-order valence-corrected chi connectivity index (χ2v) is 9.77. The molecule has 2 heterocycles. The second kappa shape index (κ2) is 11.1. The Labute approximate surface area is 221 Å². The maximum absolute atomic E-state index is 14.0. The zero-order chi connectivity index (χ0) is 26.6. The molecule has 1 fully saturated rings. The minimum Gasteiger partial charge on any atom is -0.490 e. The van der Waals surface area contributed by atoms with Gasteiger partial charge in [-0.25, -0.2) is 14.4 Å². The van der Waals surface area contributed by atoms with Crippen molar-refractivity contribution in [1.82, 2.24) is 9.97 Å². The van der Waals surface area contributed by atoms with Crippen molar-refractivity contribution in [1.29, 1.82) is 0 Å². The predicted octanol–water partition coefficient (Wildman–Crippen LogP) is 6.64. The van der Waals surface area contributed by atoms with E-state index in [9.17, 15) is 9.18 Å². The summed E-state index contributed by atoms with van der Waals surface area (Å²) < 4.78 is 25.3. The van der Waals surface area contributed by atoms with Crippen molar-refractivity contribution in [3.8, 4) is 16.9 Å². The van der Waals surface area contributed by atoms with Gasteiger partial charge in [-0.3, -0.25) is 4.79 Å². The van der Waals surface area contributed by atoms with Crippen LogP contribution in [0.3, 0.4) is 0 Å². The maximum atomic E-state index is 14.0. The zero-order valence-electron chi connectivity index (χ0n) is 21.8. The highest BCUT2D eigenvalue weighted by atomic mass is 19.1. The lowest BCUT2D eigenvalue weighted by atomic mass is 9.99. The molecule has 0 unspecified atom stereocenters. The van der Waals surface area contributed by atoms with E-state index in [2.05, 4.69) is 15.6 Å². The van der Waals surface area contributed by atoms with Crippen LogP contribution >= 0.6 is 0 Å². The third-order valence-electron chi connectivity index (χ3n) is 6.55. The summed E-state index contributed by atoms with van der Waals surface area (Å²) in [6.07, 6.45) is 3.10. The monoisotopic (exact) mass is 514 g/mol. The molecule has 1 amide bonds. The van der Waals surface area contributed by atoms with Crippen LogP contribution in [0.15, 0.2) is 60.8 Å². The maximum Gasteiger partial charge on any atom is 0.227 e. The summed E-state index contributed by atoms with van der Waals surface area (Å²) in [6, 6.07) is 16.1. The number of ether oxygens (including phenoxy) is 2. The Kier molecular flexibility index (Phi) is 7.51. The van der Waals surface area contributed by atoms with Gasteiger partial charge in [-0.05, 0) is 63.4 Å². The minimum absolute atomic E-state index is 0.0128. The molecule has 0 aliphatic carbocycles. The van der Waals surface area contributed by atoms with E-state index in [1.54, 1.807) is 12.3 Å². The largest absolute Gasteiger partial charge is 0.490 e. The number of fused-ring (bicyclic) bond motifs is 1. The average molecular weight is 515 g/mol. The lowest BCUT2D eigenvalue weighted by Crippen LogP contribution is -2.28. The van der Waals surface area contributed by atoms with Crippen LogP contribution in [-0.2, 0) is 9.53 Å². The van der Waals surface area contributed by atoms with E-state index in [1.165, 1.54) is 12.1 Å². The van der Waals surface area contributed by atoms with Crippen LogP contribution in [0.25, 0.3) is 22.0 Å². The number of benzene rings is 3. The van der Waals surface area contributed by atoms with Gasteiger partial charge in [0, 0.05) is 59.3 Å². The number of hydrogen-bond donors (Lipinski definition) is 2. The van der Waals surface area contributed by atoms with Gasteiger partial charge < -0.3 is 20.1 Å². The highest BCUT2D eigenvalue weighted by molar-refractivity contribution is 5.96. The smallest absolute Gasteiger partial charge is 0.227 e. The first kappa shape index (κ1) is 25.6. The first-order chi connectivity index (χ1) is 18.4. The summed E-state index contributed by atoms with van der Waals surface area (Å²) in [6.45, 7) is 7.00. The quantitative estimate of drug-likeness (QED) is 0.288. The lowest BCUT2D eigenvalue weighted by Gasteiger charge is -2.22. The molecule has 0 spiro atoms. The van der Waals surface area contributed by atoms with Crippen molar-refractivity contribution in [3.05, 3.63) is 72.2 Å². The van der Waals surface area contributed by atoms with E-state index < -0.39 is 0 Å². The van der Waals surface area contributed by atoms with Crippen LogP contribution in [0.5, 0.6) is 5.75 Å². The van der Waals surface area contributed by atoms with Gasteiger partial charge >= 0.3 is 0 Å². The number of nitrogens with one attached hydrogen (secondary N) is 2. The Morgan fingerprint density at radius 2 is 1.89 bits per heavy atom. The molecule has 0 radical (unpaired) electrons. The van der Waals surface area contributed by atoms with Crippen molar-refractivity contribution >= 4 is 34.1 Å². The standard InChI is InChI=1S/C30H31FN4O3/c1-18(2)38-27-15-22(31)8-10-24(27)25-6-4-5-21-17-32-30(35-28(21)25)33-23-9-7-19(3)26(16-23)34-29(36)20-11-13-37-14-12-20/h4-10,15-18,20H,11-14H2,1-3H3,(H,34,36)(H,32,33,35). The molecule has 2 N–H and O–H groups in total. The summed E-state index contributed by atoms with van der Waals surface area (Å²) in [7, 11) is 0. The molecule has 38 heavy (non-hydrogen) atoms. The van der Waals surface area contributed by atoms with Gasteiger partial charge in [0.25, 0.3) is 0 Å². The summed E-state index contributed by atoms with van der Waals surface area (Å²) in [5.74, 6) is 0.477. The molecule has 1 aromatic heterocycles. The number of amides is 1. The molecular weight excluding hydrogens is 483 g/mol. The van der Waals surface area contributed by atoms with Crippen LogP contribution in [0.4, 0.5) is 21.7 Å². The average Bonchev–Trinajstić information content (AvgIpc) is 2.91. The summed E-state index contributed by atoms with van der Waals surface area (Å²) in [4.78, 5) is 22.1. The third-order valence-corrected chi connectivity index (χ3v) is 6.55. The number of nitrogens with zero attached hydrogens (tertiary/aromatic N) is 2. The SMILES string of the molecule is Cc1ccc(Nc2ncc3cccc(-c4ccc(F)cc4OC(C)C)c3n2)cc1NC(=O)C1CCOCC1. The van der Waals surface area contributed by atoms with Crippen LogP contribution in [-0.4, -0.2) is 35.2 Å². The van der Waals surface area contributed by atoms with Crippen molar-refractivity contribution in [2.24, 2.45) is 5.92 Å². The number of aromatic nitrogens is 2. The lowest BCUT2D eigenvalue weighted by molar-refractivity contribution is -0.122. The molecule has 196 valence electrons. The number of anilines is 3. The van der Waals surface area contributed by atoms with Crippen LogP contribution < -0.4 is 15.4 Å². The molecule has 1 saturated heterocycles. The number of carbonyl (C=O) groups is 1. The Balaban J connectivity index is 1.44. The minimum atomic E-state index is -0.360. The van der Waals surface area contributed by atoms with Crippen LogP contribution in [0, 0.1) is 18.7 Å². The second-order valence-electron chi connectivity index (χ2n) is 9.77. The van der Waals surface area contributed by atoms with Gasteiger partial charge in [0.15, 0.2) is 0 Å². The molecular formula is C30H31FN4O3. The van der Waals surface area contributed by atoms with Gasteiger partial charge in [0.2, 0.25) is 11.9 Å². The van der Waals surface area contributed by atoms with Gasteiger partial charge in [0.05, 0.1) is 11.6 Å². The molecule has 0 saturated carbocycles. The van der Waals surface area contributed by atoms with Crippen LogP contribution in [0.2, 0.25) is 0 Å². The summed E-state index contributed by atoms with van der Waals surface area (Å²) in [5.41, 5.74) is 4.74. The van der Waals surface area contributed by atoms with Gasteiger partial charge in [-0.2, -0.15) is 0 Å². The number of carbonyl (C=O) groups excluding carboxylic acids is 1. The molecule has 3 aromatic carbocycles. The highest BCUT2D eigenvalue weighted by Gasteiger charge is 2.22. The molecule has 5 rings (SSSR count). The molecule has 1 aliphatic rings. The van der Waals surface area contributed by atoms with Gasteiger partial charge in [0.1, 0.15) is 11.6 Å². The van der Waals surface area contributed by atoms with E-state index in [-0.39, 0.29) is 23.7 Å². The normalized spacial score (nSPS) is 14.0. The van der Waals surface area contributed by atoms with Crippen molar-refractivity contribution in [2.75, 3.05) is 23.8 Å². The summed E-state index contributed by atoms with van der Waals surface area (Å²) in [5, 5.41) is 7.19. The molecule has 7 nitrogen and oxygen atoms in total. The Bertz CT molecular complexity index is 1470. The molecule has 0 atom stereocenters. The van der Waals surface area contributed by atoms with E-state index >= 15 is 0 Å². The zero-order valence-corrected chi connectivity index (χ0v) is 21.8. The molecule has 8 heteroatoms. The predicted molar refractivity (Wildman–Crippen MR) is 147 cm³/mol. The van der Waals surface area contributed by atoms with E-state index in [4.69, 9.17) is 14.5 Å². The Hall–Kier alpha value is -4.04. The summed E-state index contributed by atoms with van der Waals surface area (Å²) >= 11 is 0. The van der Waals surface area contributed by atoms with Crippen molar-refractivity contribution in [3.63, 3.8) is 0 Å². The number of aryl methyl sites for hydroxylation is 1. The van der Waals surface area contributed by atoms with Gasteiger partial charge in [-0.1, -0.05) is 24.3 Å². The fraction of sp³-hybridized carbons (Fsp3) is 0.300.